The number of anilines is 2. The molecule has 1 heterocycles. The number of nitrogens with one attached hydrogen (secondary N) is 2. The highest BCUT2D eigenvalue weighted by Gasteiger charge is 2.38. The highest BCUT2D eigenvalue weighted by Crippen LogP contribution is 2.20. The maximum atomic E-state index is 12.4. The smallest absolute Gasteiger partial charge is 0.322 e. The fourth-order valence-corrected chi connectivity index (χ4v) is 2.41. The molecule has 1 aromatic heterocycles. The van der Waals surface area contributed by atoms with Crippen molar-refractivity contribution >= 4 is 34.2 Å². The van der Waals surface area contributed by atoms with Gasteiger partial charge in [0.25, 0.3) is 5.91 Å². The molecule has 28 heavy (non-hydrogen) atoms. The number of rotatable bonds is 3. The Kier molecular flexibility index (Phi) is 5.00. The Balaban J connectivity index is 1.73. The van der Waals surface area contributed by atoms with Gasteiger partial charge in [-0.2, -0.15) is 13.2 Å². The molecule has 0 atom stereocenters. The van der Waals surface area contributed by atoms with E-state index in [0.29, 0.717) is 22.3 Å². The standard InChI is InChI=1S/C19H15F3N4O2/c1-10-11(2)24-16-9-12(3-8-15(16)23-10)17(27)25-13-4-6-14(7-5-13)26-18(28)19(20,21)22/h3-9H,1-2H3,(H,25,27)(H,26,28). The number of carbonyl (C=O) groups is 2. The van der Waals surface area contributed by atoms with E-state index in [9.17, 15) is 22.8 Å². The molecule has 3 aromatic rings. The lowest BCUT2D eigenvalue weighted by atomic mass is 10.1. The number of alkyl halides is 3. The number of nitrogens with zero attached hydrogens (tertiary/aromatic N) is 2. The summed E-state index contributed by atoms with van der Waals surface area (Å²) in [7, 11) is 0. The molecule has 2 amide bonds. The topological polar surface area (TPSA) is 84.0 Å². The van der Waals surface area contributed by atoms with Gasteiger partial charge in [-0.15, -0.1) is 0 Å². The molecule has 9 heteroatoms. The lowest BCUT2D eigenvalue weighted by Crippen LogP contribution is -2.29. The molecule has 0 aliphatic rings. The van der Waals surface area contributed by atoms with E-state index in [-0.39, 0.29) is 5.69 Å². The van der Waals surface area contributed by atoms with Gasteiger partial charge in [-0.25, -0.2) is 9.97 Å². The molecule has 0 fully saturated rings. The van der Waals surface area contributed by atoms with Gasteiger partial charge in [0, 0.05) is 16.9 Å². The Morgan fingerprint density at radius 1 is 0.821 bits per heavy atom. The number of halogens is 3. The minimum Gasteiger partial charge on any atom is -0.322 e. The van der Waals surface area contributed by atoms with Crippen LogP contribution in [0.2, 0.25) is 0 Å². The zero-order chi connectivity index (χ0) is 20.5. The van der Waals surface area contributed by atoms with Gasteiger partial charge in [0.15, 0.2) is 0 Å². The van der Waals surface area contributed by atoms with E-state index in [1.165, 1.54) is 24.3 Å². The van der Waals surface area contributed by atoms with Gasteiger partial charge in [0.05, 0.1) is 22.4 Å². The van der Waals surface area contributed by atoms with Gasteiger partial charge in [0.1, 0.15) is 0 Å². The first-order valence-electron chi connectivity index (χ1n) is 8.18. The van der Waals surface area contributed by atoms with Crippen LogP contribution in [-0.4, -0.2) is 28.0 Å². The van der Waals surface area contributed by atoms with Crippen molar-refractivity contribution in [3.8, 4) is 0 Å². The van der Waals surface area contributed by atoms with Crippen molar-refractivity contribution in [1.29, 1.82) is 0 Å². The summed E-state index contributed by atoms with van der Waals surface area (Å²) in [5.74, 6) is -2.47. The average molecular weight is 388 g/mol. The third-order valence-electron chi connectivity index (χ3n) is 4.00. The summed E-state index contributed by atoms with van der Waals surface area (Å²) >= 11 is 0. The summed E-state index contributed by atoms with van der Waals surface area (Å²) in [6.45, 7) is 3.68. The molecule has 0 unspecified atom stereocenters. The lowest BCUT2D eigenvalue weighted by molar-refractivity contribution is -0.167. The van der Waals surface area contributed by atoms with Gasteiger partial charge in [-0.05, 0) is 56.3 Å². The van der Waals surface area contributed by atoms with E-state index < -0.39 is 18.0 Å². The van der Waals surface area contributed by atoms with E-state index in [1.54, 1.807) is 23.5 Å². The normalized spacial score (nSPS) is 11.3. The van der Waals surface area contributed by atoms with Crippen molar-refractivity contribution in [2.24, 2.45) is 0 Å². The number of hydrogen-bond acceptors (Lipinski definition) is 4. The number of aromatic nitrogens is 2. The lowest BCUT2D eigenvalue weighted by Gasteiger charge is -2.10. The second-order valence-electron chi connectivity index (χ2n) is 6.08. The predicted octanol–water partition coefficient (Wildman–Crippen LogP) is 4.00. The number of aryl methyl sites for hydroxylation is 2. The van der Waals surface area contributed by atoms with Crippen LogP contribution in [0.25, 0.3) is 11.0 Å². The van der Waals surface area contributed by atoms with Crippen LogP contribution in [-0.2, 0) is 4.79 Å². The first-order chi connectivity index (χ1) is 13.1. The van der Waals surface area contributed by atoms with Crippen LogP contribution in [0.1, 0.15) is 21.7 Å². The largest absolute Gasteiger partial charge is 0.471 e. The third kappa shape index (κ3) is 4.25. The highest BCUT2D eigenvalue weighted by atomic mass is 19.4. The van der Waals surface area contributed by atoms with Gasteiger partial charge in [0.2, 0.25) is 0 Å². The van der Waals surface area contributed by atoms with Crippen molar-refractivity contribution in [1.82, 2.24) is 9.97 Å². The van der Waals surface area contributed by atoms with Crippen molar-refractivity contribution in [2.75, 3.05) is 10.6 Å². The van der Waals surface area contributed by atoms with Crippen molar-refractivity contribution in [2.45, 2.75) is 20.0 Å². The van der Waals surface area contributed by atoms with Crippen molar-refractivity contribution in [3.05, 3.63) is 59.4 Å². The average Bonchev–Trinajstić information content (AvgIpc) is 2.63. The quantitative estimate of drug-likeness (QED) is 0.710. The fraction of sp³-hybridized carbons (Fsp3) is 0.158. The molecule has 3 rings (SSSR count). The van der Waals surface area contributed by atoms with E-state index in [2.05, 4.69) is 15.3 Å². The van der Waals surface area contributed by atoms with E-state index >= 15 is 0 Å². The molecule has 0 saturated heterocycles. The van der Waals surface area contributed by atoms with Crippen LogP contribution in [0.3, 0.4) is 0 Å². The first-order valence-corrected chi connectivity index (χ1v) is 8.18. The van der Waals surface area contributed by atoms with Crippen LogP contribution in [0.15, 0.2) is 42.5 Å². The second-order valence-corrected chi connectivity index (χ2v) is 6.08. The van der Waals surface area contributed by atoms with Gasteiger partial charge >= 0.3 is 12.1 Å². The summed E-state index contributed by atoms with van der Waals surface area (Å²) in [6.07, 6.45) is -4.97. The van der Waals surface area contributed by atoms with Crippen LogP contribution in [0, 0.1) is 13.8 Å². The highest BCUT2D eigenvalue weighted by molar-refractivity contribution is 6.06. The Hall–Kier alpha value is -3.49. The maximum absolute atomic E-state index is 12.4. The summed E-state index contributed by atoms with van der Waals surface area (Å²) in [4.78, 5) is 32.2. The molecule has 0 bridgehead atoms. The maximum Gasteiger partial charge on any atom is 0.471 e. The zero-order valence-electron chi connectivity index (χ0n) is 14.9. The summed E-state index contributed by atoms with van der Waals surface area (Å²) in [5, 5.41) is 4.37. The number of carbonyl (C=O) groups excluding carboxylic acids is 2. The molecule has 2 N–H and O–H groups in total. The van der Waals surface area contributed by atoms with Crippen molar-refractivity contribution < 1.29 is 22.8 Å². The van der Waals surface area contributed by atoms with E-state index in [0.717, 1.165) is 11.4 Å². The predicted molar refractivity (Wildman–Crippen MR) is 98.1 cm³/mol. The second kappa shape index (κ2) is 7.26. The number of amides is 2. The molecule has 0 aliphatic carbocycles. The van der Waals surface area contributed by atoms with Gasteiger partial charge < -0.3 is 10.6 Å². The van der Waals surface area contributed by atoms with Crippen LogP contribution in [0.5, 0.6) is 0 Å². The molecule has 2 aromatic carbocycles. The Morgan fingerprint density at radius 2 is 1.36 bits per heavy atom. The van der Waals surface area contributed by atoms with Gasteiger partial charge in [-0.3, -0.25) is 9.59 Å². The zero-order valence-corrected chi connectivity index (χ0v) is 14.9. The number of fused-ring (bicyclic) bond motifs is 1. The summed E-state index contributed by atoms with van der Waals surface area (Å²) in [6, 6.07) is 10.2. The van der Waals surface area contributed by atoms with E-state index in [4.69, 9.17) is 0 Å². The SMILES string of the molecule is Cc1nc2ccc(C(=O)Nc3ccc(NC(=O)C(F)(F)F)cc3)cc2nc1C. The Labute approximate surface area is 157 Å². The molecular formula is C19H15F3N4O2. The Morgan fingerprint density at radius 3 is 1.93 bits per heavy atom. The molecular weight excluding hydrogens is 373 g/mol. The fourth-order valence-electron chi connectivity index (χ4n) is 2.41. The molecule has 0 saturated carbocycles. The first kappa shape index (κ1) is 19.3. The Bertz CT molecular complexity index is 1060. The molecule has 0 radical (unpaired) electrons. The number of hydrogen-bond donors (Lipinski definition) is 2. The third-order valence-corrected chi connectivity index (χ3v) is 4.00. The van der Waals surface area contributed by atoms with E-state index in [1.807, 2.05) is 13.8 Å². The minimum absolute atomic E-state index is 0.0350. The summed E-state index contributed by atoms with van der Waals surface area (Å²) < 4.78 is 36.8. The molecule has 6 nitrogen and oxygen atoms in total. The van der Waals surface area contributed by atoms with Gasteiger partial charge in [-0.1, -0.05) is 0 Å². The van der Waals surface area contributed by atoms with Crippen LogP contribution in [0.4, 0.5) is 24.5 Å². The summed E-state index contributed by atoms with van der Waals surface area (Å²) in [5.41, 5.74) is 3.52. The molecule has 0 spiro atoms. The number of benzene rings is 2. The van der Waals surface area contributed by atoms with Crippen LogP contribution < -0.4 is 10.6 Å². The van der Waals surface area contributed by atoms with Crippen molar-refractivity contribution in [3.63, 3.8) is 0 Å². The monoisotopic (exact) mass is 388 g/mol. The minimum atomic E-state index is -4.97. The van der Waals surface area contributed by atoms with Crippen LogP contribution >= 0.6 is 0 Å². The molecule has 144 valence electrons. The molecule has 0 aliphatic heterocycles.